The molecule has 5 nitrogen and oxygen atoms in total. The first-order valence-electron chi connectivity index (χ1n) is 4.53. The Kier molecular flexibility index (Phi) is 5.68. The van der Waals surface area contributed by atoms with E-state index < -0.39 is 11.8 Å². The van der Waals surface area contributed by atoms with Gasteiger partial charge in [0, 0.05) is 13.5 Å². The van der Waals surface area contributed by atoms with Gasteiger partial charge in [-0.15, -0.1) is 0 Å². The fourth-order valence-electron chi connectivity index (χ4n) is 1.00. The van der Waals surface area contributed by atoms with Crippen LogP contribution in [0.5, 0.6) is 0 Å². The second-order valence-corrected chi connectivity index (χ2v) is 3.42. The van der Waals surface area contributed by atoms with Crippen LogP contribution in [-0.4, -0.2) is 31.5 Å². The van der Waals surface area contributed by atoms with E-state index in [1.807, 2.05) is 20.8 Å². The van der Waals surface area contributed by atoms with Crippen molar-refractivity contribution >= 4 is 5.97 Å². The summed E-state index contributed by atoms with van der Waals surface area (Å²) in [6, 6.07) is 0. The molecule has 0 spiro atoms. The first-order chi connectivity index (χ1) is 6.44. The normalized spacial score (nSPS) is 13.8. The van der Waals surface area contributed by atoms with E-state index in [0.29, 0.717) is 6.61 Å². The van der Waals surface area contributed by atoms with E-state index in [2.05, 4.69) is 5.48 Å². The van der Waals surface area contributed by atoms with Crippen LogP contribution in [0.3, 0.4) is 0 Å². The molecule has 0 aromatic rings. The molecule has 14 heavy (non-hydrogen) atoms. The number of carbonyl (C=O) groups is 1. The van der Waals surface area contributed by atoms with Crippen molar-refractivity contribution in [2.75, 3.05) is 13.7 Å². The summed E-state index contributed by atoms with van der Waals surface area (Å²) in [5, 5.41) is 0. The zero-order chi connectivity index (χ0) is 11.2. The fraction of sp³-hybridized carbons (Fsp3) is 0.889. The molecule has 0 amide bonds. The second-order valence-electron chi connectivity index (χ2n) is 3.42. The Labute approximate surface area is 84.7 Å². The molecule has 0 aliphatic rings. The third-order valence-corrected chi connectivity index (χ3v) is 1.55. The van der Waals surface area contributed by atoms with Gasteiger partial charge in [-0.3, -0.25) is 4.79 Å². The number of hydroxylamine groups is 1. The number of nitrogens with one attached hydrogen (secondary N) is 1. The van der Waals surface area contributed by atoms with Crippen LogP contribution in [0.15, 0.2) is 0 Å². The Hall–Kier alpha value is -0.650. The number of hydrogen-bond acceptors (Lipinski definition) is 5. The largest absolute Gasteiger partial charge is 0.434 e. The van der Waals surface area contributed by atoms with Crippen molar-refractivity contribution in [2.45, 2.75) is 39.5 Å². The molecule has 0 saturated carbocycles. The zero-order valence-corrected chi connectivity index (χ0v) is 9.42. The molecule has 0 aliphatic carbocycles. The van der Waals surface area contributed by atoms with Crippen molar-refractivity contribution in [1.82, 2.24) is 5.48 Å². The van der Waals surface area contributed by atoms with Crippen LogP contribution in [0.25, 0.3) is 0 Å². The predicted octanol–water partition coefficient (Wildman–Crippen LogP) is 0.842. The van der Waals surface area contributed by atoms with Gasteiger partial charge in [-0.25, -0.2) is 0 Å². The highest BCUT2D eigenvalue weighted by molar-refractivity contribution is 5.66. The SMILES string of the molecule is CCOC(OC(C)=O)C(C)(C)NOC. The van der Waals surface area contributed by atoms with Crippen molar-refractivity contribution < 1.29 is 19.1 Å². The van der Waals surface area contributed by atoms with Gasteiger partial charge in [0.2, 0.25) is 6.29 Å². The second kappa shape index (κ2) is 5.95. The van der Waals surface area contributed by atoms with E-state index in [1.165, 1.54) is 14.0 Å². The van der Waals surface area contributed by atoms with Crippen molar-refractivity contribution in [1.29, 1.82) is 0 Å². The summed E-state index contributed by atoms with van der Waals surface area (Å²) in [7, 11) is 1.50. The topological polar surface area (TPSA) is 56.8 Å². The highest BCUT2D eigenvalue weighted by Crippen LogP contribution is 2.14. The van der Waals surface area contributed by atoms with E-state index in [-0.39, 0.29) is 5.97 Å². The van der Waals surface area contributed by atoms with E-state index in [9.17, 15) is 4.79 Å². The van der Waals surface area contributed by atoms with Crippen LogP contribution in [0.1, 0.15) is 27.7 Å². The Balaban J connectivity index is 4.36. The number of carbonyl (C=O) groups excluding carboxylic acids is 1. The number of hydrogen-bond donors (Lipinski definition) is 1. The maximum absolute atomic E-state index is 10.8. The summed E-state index contributed by atoms with van der Waals surface area (Å²) in [5.74, 6) is -0.380. The Bertz CT molecular complexity index is 182. The van der Waals surface area contributed by atoms with E-state index in [1.54, 1.807) is 0 Å². The molecule has 0 aliphatic heterocycles. The molecule has 0 rings (SSSR count). The molecule has 0 bridgehead atoms. The first kappa shape index (κ1) is 13.4. The van der Waals surface area contributed by atoms with Crippen molar-refractivity contribution in [3.8, 4) is 0 Å². The van der Waals surface area contributed by atoms with Crippen molar-refractivity contribution in [2.24, 2.45) is 0 Å². The summed E-state index contributed by atoms with van der Waals surface area (Å²) in [4.78, 5) is 15.6. The fourth-order valence-corrected chi connectivity index (χ4v) is 1.00. The van der Waals surface area contributed by atoms with Gasteiger partial charge in [0.15, 0.2) is 0 Å². The average molecular weight is 205 g/mol. The highest BCUT2D eigenvalue weighted by Gasteiger charge is 2.33. The van der Waals surface area contributed by atoms with Gasteiger partial charge >= 0.3 is 5.97 Å². The van der Waals surface area contributed by atoms with E-state index in [0.717, 1.165) is 0 Å². The molecule has 1 unspecified atom stereocenters. The van der Waals surface area contributed by atoms with Crippen molar-refractivity contribution in [3.05, 3.63) is 0 Å². The lowest BCUT2D eigenvalue weighted by atomic mass is 10.1. The van der Waals surface area contributed by atoms with E-state index >= 15 is 0 Å². The maximum atomic E-state index is 10.8. The van der Waals surface area contributed by atoms with Crippen LogP contribution in [-0.2, 0) is 19.1 Å². The van der Waals surface area contributed by atoms with Crippen LogP contribution >= 0.6 is 0 Å². The highest BCUT2D eigenvalue weighted by atomic mass is 16.7. The van der Waals surface area contributed by atoms with Crippen LogP contribution < -0.4 is 5.48 Å². The summed E-state index contributed by atoms with van der Waals surface area (Å²) in [6.07, 6.45) is -0.662. The summed E-state index contributed by atoms with van der Waals surface area (Å²) >= 11 is 0. The molecule has 5 heteroatoms. The van der Waals surface area contributed by atoms with Gasteiger partial charge in [0.25, 0.3) is 0 Å². The third kappa shape index (κ3) is 4.55. The van der Waals surface area contributed by atoms with Crippen LogP contribution in [0.4, 0.5) is 0 Å². The quantitative estimate of drug-likeness (QED) is 0.395. The summed E-state index contributed by atoms with van der Waals surface area (Å²) in [6.45, 7) is 7.28. The lowest BCUT2D eigenvalue weighted by Gasteiger charge is -2.32. The lowest BCUT2D eigenvalue weighted by molar-refractivity contribution is -0.205. The number of rotatable bonds is 6. The van der Waals surface area contributed by atoms with Gasteiger partial charge in [-0.1, -0.05) is 0 Å². The molecule has 0 saturated heterocycles. The maximum Gasteiger partial charge on any atom is 0.305 e. The molecular formula is C9H19NO4. The smallest absolute Gasteiger partial charge is 0.305 e. The van der Waals surface area contributed by atoms with Gasteiger partial charge in [0.1, 0.15) is 0 Å². The van der Waals surface area contributed by atoms with Gasteiger partial charge in [0.05, 0.1) is 12.6 Å². The van der Waals surface area contributed by atoms with Crippen LogP contribution in [0.2, 0.25) is 0 Å². The minimum atomic E-state index is -0.662. The molecular weight excluding hydrogens is 186 g/mol. The van der Waals surface area contributed by atoms with Gasteiger partial charge < -0.3 is 14.3 Å². The Morgan fingerprint density at radius 2 is 2.07 bits per heavy atom. The van der Waals surface area contributed by atoms with Crippen molar-refractivity contribution in [3.63, 3.8) is 0 Å². The van der Waals surface area contributed by atoms with Gasteiger partial charge in [-0.05, 0) is 20.8 Å². The molecule has 0 heterocycles. The molecule has 0 radical (unpaired) electrons. The first-order valence-corrected chi connectivity index (χ1v) is 4.53. The minimum Gasteiger partial charge on any atom is -0.434 e. The predicted molar refractivity (Wildman–Crippen MR) is 51.4 cm³/mol. The summed E-state index contributed by atoms with van der Waals surface area (Å²) in [5.41, 5.74) is 2.12. The van der Waals surface area contributed by atoms with Gasteiger partial charge in [-0.2, -0.15) is 5.48 Å². The van der Waals surface area contributed by atoms with E-state index in [4.69, 9.17) is 14.3 Å². The lowest BCUT2D eigenvalue weighted by Crippen LogP contribution is -2.52. The standard InChI is InChI=1S/C9H19NO4/c1-6-13-8(14-7(2)11)9(3,4)10-12-5/h8,10H,6H2,1-5H3. The Morgan fingerprint density at radius 3 is 2.43 bits per heavy atom. The molecule has 1 atom stereocenters. The van der Waals surface area contributed by atoms with Crippen LogP contribution in [0, 0.1) is 0 Å². The average Bonchev–Trinajstić information content (AvgIpc) is 2.02. The third-order valence-electron chi connectivity index (χ3n) is 1.55. The Morgan fingerprint density at radius 1 is 1.50 bits per heavy atom. The molecule has 84 valence electrons. The zero-order valence-electron chi connectivity index (χ0n) is 9.42. The molecule has 0 aromatic carbocycles. The summed E-state index contributed by atoms with van der Waals surface area (Å²) < 4.78 is 10.3. The number of esters is 1. The monoisotopic (exact) mass is 205 g/mol. The molecule has 0 aromatic heterocycles. The minimum absolute atomic E-state index is 0.380. The molecule has 1 N–H and O–H groups in total. The number of ether oxygens (including phenoxy) is 2. The molecule has 0 fully saturated rings.